The fourth-order valence-electron chi connectivity index (χ4n) is 2.31. The second-order valence-electron chi connectivity index (χ2n) is 5.27. The topological polar surface area (TPSA) is 81.7 Å². The molecule has 0 aromatic heterocycles. The Morgan fingerprint density at radius 3 is 2.67 bits per heavy atom. The third-order valence-corrected chi connectivity index (χ3v) is 5.51. The molecule has 1 aromatic carbocycles. The van der Waals surface area contributed by atoms with Crippen LogP contribution in [0.15, 0.2) is 29.2 Å². The van der Waals surface area contributed by atoms with Gasteiger partial charge in [-0.15, -0.1) is 0 Å². The summed E-state index contributed by atoms with van der Waals surface area (Å²) in [5.74, 6) is -0.683. The lowest BCUT2D eigenvalue weighted by Crippen LogP contribution is -2.50. The number of sulfonamides is 1. The van der Waals surface area contributed by atoms with E-state index < -0.39 is 21.5 Å². The summed E-state index contributed by atoms with van der Waals surface area (Å²) in [5, 5.41) is 0. The fraction of sp³-hybridized carbons (Fsp3) is 0.500. The van der Waals surface area contributed by atoms with E-state index in [1.54, 1.807) is 19.1 Å². The number of ether oxygens (including phenoxy) is 2. The van der Waals surface area contributed by atoms with Crippen LogP contribution < -0.4 is 4.72 Å². The van der Waals surface area contributed by atoms with Crippen molar-refractivity contribution in [2.75, 3.05) is 13.7 Å². The van der Waals surface area contributed by atoms with E-state index in [1.807, 2.05) is 6.92 Å². The molecule has 0 amide bonds. The first-order valence-corrected chi connectivity index (χ1v) is 8.11. The molecule has 0 saturated carbocycles. The highest BCUT2D eigenvalue weighted by Crippen LogP contribution is 2.28. The maximum Gasteiger partial charge on any atom is 0.339 e. The maximum atomic E-state index is 12.6. The van der Waals surface area contributed by atoms with Gasteiger partial charge in [-0.25, -0.2) is 17.9 Å². The van der Waals surface area contributed by atoms with Gasteiger partial charge < -0.3 is 9.47 Å². The molecule has 0 spiro atoms. The zero-order valence-corrected chi connectivity index (χ0v) is 13.1. The monoisotopic (exact) mass is 313 g/mol. The van der Waals surface area contributed by atoms with E-state index >= 15 is 0 Å². The highest BCUT2D eigenvalue weighted by atomic mass is 32.2. The molecule has 1 fully saturated rings. The van der Waals surface area contributed by atoms with Crippen LogP contribution in [-0.4, -0.2) is 39.7 Å². The molecule has 7 heteroatoms. The van der Waals surface area contributed by atoms with Crippen LogP contribution in [0.4, 0.5) is 0 Å². The minimum absolute atomic E-state index is 0.0164. The lowest BCUT2D eigenvalue weighted by molar-refractivity contribution is 0.0596. The smallest absolute Gasteiger partial charge is 0.339 e. The van der Waals surface area contributed by atoms with Gasteiger partial charge in [-0.05, 0) is 32.4 Å². The van der Waals surface area contributed by atoms with E-state index in [0.717, 1.165) is 0 Å². The van der Waals surface area contributed by atoms with Crippen LogP contribution in [-0.2, 0) is 19.5 Å². The van der Waals surface area contributed by atoms with Crippen LogP contribution >= 0.6 is 0 Å². The van der Waals surface area contributed by atoms with Crippen LogP contribution in [0.25, 0.3) is 0 Å². The van der Waals surface area contributed by atoms with Crippen LogP contribution in [0.2, 0.25) is 0 Å². The number of carbonyl (C=O) groups is 1. The van der Waals surface area contributed by atoms with Gasteiger partial charge in [0.1, 0.15) is 0 Å². The lowest BCUT2D eigenvalue weighted by atomic mass is 9.97. The predicted octanol–water partition coefficient (Wildman–Crippen LogP) is 1.32. The summed E-state index contributed by atoms with van der Waals surface area (Å²) in [6.45, 7) is 4.11. The number of benzene rings is 1. The Bertz CT molecular complexity index is 643. The molecular weight excluding hydrogens is 294 g/mol. The Morgan fingerprint density at radius 1 is 1.43 bits per heavy atom. The van der Waals surface area contributed by atoms with Gasteiger partial charge >= 0.3 is 5.97 Å². The molecule has 1 heterocycles. The first kappa shape index (κ1) is 15.9. The Hall–Kier alpha value is -1.44. The van der Waals surface area contributed by atoms with Crippen LogP contribution in [0.3, 0.4) is 0 Å². The third-order valence-electron chi connectivity index (χ3n) is 3.84. The summed E-state index contributed by atoms with van der Waals surface area (Å²) in [4.78, 5) is 11.6. The summed E-state index contributed by atoms with van der Waals surface area (Å²) in [7, 11) is -2.64. The maximum absolute atomic E-state index is 12.6. The molecule has 0 bridgehead atoms. The second kappa shape index (κ2) is 5.75. The molecule has 116 valence electrons. The van der Waals surface area contributed by atoms with Gasteiger partial charge in [-0.3, -0.25) is 0 Å². The molecule has 1 aromatic rings. The van der Waals surface area contributed by atoms with Crippen LogP contribution in [0.5, 0.6) is 0 Å². The Labute approximate surface area is 124 Å². The average molecular weight is 313 g/mol. The van der Waals surface area contributed by atoms with Crippen molar-refractivity contribution in [3.63, 3.8) is 0 Å². The van der Waals surface area contributed by atoms with Gasteiger partial charge in [0.2, 0.25) is 10.0 Å². The standard InChI is InChI=1S/C14H19NO5S/c1-10-14(2,8-9-20-10)15-21(17,18)12-7-5-4-6-11(12)13(16)19-3/h4-7,10,15H,8-9H2,1-3H3. The van der Waals surface area contributed by atoms with E-state index in [-0.39, 0.29) is 16.6 Å². The molecule has 6 nitrogen and oxygen atoms in total. The van der Waals surface area contributed by atoms with E-state index in [4.69, 9.17) is 4.74 Å². The van der Waals surface area contributed by atoms with Gasteiger partial charge in [0.25, 0.3) is 0 Å². The minimum Gasteiger partial charge on any atom is -0.465 e. The predicted molar refractivity (Wildman–Crippen MR) is 76.5 cm³/mol. The fourth-order valence-corrected chi connectivity index (χ4v) is 4.00. The number of methoxy groups -OCH3 is 1. The number of nitrogens with one attached hydrogen (secondary N) is 1. The molecule has 2 atom stereocenters. The van der Waals surface area contributed by atoms with Crippen molar-refractivity contribution in [2.24, 2.45) is 0 Å². The molecule has 0 aliphatic carbocycles. The number of carbonyl (C=O) groups excluding carboxylic acids is 1. The molecule has 21 heavy (non-hydrogen) atoms. The molecule has 0 radical (unpaired) electrons. The van der Waals surface area contributed by atoms with E-state index in [2.05, 4.69) is 9.46 Å². The molecule has 1 N–H and O–H groups in total. The first-order valence-electron chi connectivity index (χ1n) is 6.63. The van der Waals surface area contributed by atoms with Gasteiger partial charge in [-0.1, -0.05) is 12.1 Å². The molecule has 1 aliphatic heterocycles. The largest absolute Gasteiger partial charge is 0.465 e. The number of esters is 1. The zero-order valence-electron chi connectivity index (χ0n) is 12.3. The van der Waals surface area contributed by atoms with Crippen LogP contribution in [0.1, 0.15) is 30.6 Å². The van der Waals surface area contributed by atoms with E-state index in [1.165, 1.54) is 19.2 Å². The molecular formula is C14H19NO5S. The summed E-state index contributed by atoms with van der Waals surface area (Å²) < 4.78 is 37.9. The molecule has 1 saturated heterocycles. The minimum atomic E-state index is -3.85. The third kappa shape index (κ3) is 3.09. The first-order chi connectivity index (χ1) is 9.80. The number of hydrogen-bond donors (Lipinski definition) is 1. The summed E-state index contributed by atoms with van der Waals surface area (Å²) in [6, 6.07) is 5.97. The van der Waals surface area contributed by atoms with E-state index in [0.29, 0.717) is 13.0 Å². The van der Waals surface area contributed by atoms with Crippen LogP contribution in [0, 0.1) is 0 Å². The number of hydrogen-bond acceptors (Lipinski definition) is 5. The van der Waals surface area contributed by atoms with E-state index in [9.17, 15) is 13.2 Å². The average Bonchev–Trinajstić information content (AvgIpc) is 2.76. The molecule has 2 rings (SSSR count). The Balaban J connectivity index is 2.39. The molecule has 1 aliphatic rings. The summed E-state index contributed by atoms with van der Waals surface area (Å²) >= 11 is 0. The Morgan fingerprint density at radius 2 is 2.10 bits per heavy atom. The highest BCUT2D eigenvalue weighted by molar-refractivity contribution is 7.89. The highest BCUT2D eigenvalue weighted by Gasteiger charge is 2.41. The summed E-state index contributed by atoms with van der Waals surface area (Å²) in [5.41, 5.74) is -0.676. The molecule has 2 unspecified atom stereocenters. The zero-order chi connectivity index (χ0) is 15.7. The van der Waals surface area contributed by atoms with Crippen molar-refractivity contribution < 1.29 is 22.7 Å². The van der Waals surface area contributed by atoms with Gasteiger partial charge in [0, 0.05) is 6.61 Å². The van der Waals surface area contributed by atoms with Crippen molar-refractivity contribution in [1.29, 1.82) is 0 Å². The van der Waals surface area contributed by atoms with Crippen molar-refractivity contribution in [3.8, 4) is 0 Å². The van der Waals surface area contributed by atoms with Crippen molar-refractivity contribution in [1.82, 2.24) is 4.72 Å². The van der Waals surface area contributed by atoms with Gasteiger partial charge in [0.15, 0.2) is 0 Å². The SMILES string of the molecule is COC(=O)c1ccccc1S(=O)(=O)NC1(C)CCOC1C. The lowest BCUT2D eigenvalue weighted by Gasteiger charge is -2.28. The van der Waals surface area contributed by atoms with Crippen molar-refractivity contribution in [3.05, 3.63) is 29.8 Å². The summed E-state index contributed by atoms with van der Waals surface area (Å²) in [6.07, 6.45) is 0.339. The van der Waals surface area contributed by atoms with Crippen molar-refractivity contribution in [2.45, 2.75) is 36.8 Å². The Kier molecular flexibility index (Phi) is 4.36. The normalized spacial score (nSPS) is 25.8. The van der Waals surface area contributed by atoms with Gasteiger partial charge in [0.05, 0.1) is 29.2 Å². The van der Waals surface area contributed by atoms with Gasteiger partial charge in [-0.2, -0.15) is 0 Å². The van der Waals surface area contributed by atoms with Crippen molar-refractivity contribution >= 4 is 16.0 Å². The second-order valence-corrected chi connectivity index (χ2v) is 6.92. The number of rotatable bonds is 4. The quantitative estimate of drug-likeness (QED) is 0.848.